The summed E-state index contributed by atoms with van der Waals surface area (Å²) in [6.45, 7) is 1.84. The Bertz CT molecular complexity index is 632. The SMILES string of the molecule is COc1cc(-c2ccc(C)c(C#N)c2)c(F)cn1. The van der Waals surface area contributed by atoms with E-state index >= 15 is 0 Å². The lowest BCUT2D eigenvalue weighted by Gasteiger charge is -2.07. The summed E-state index contributed by atoms with van der Waals surface area (Å²) in [4.78, 5) is 3.78. The smallest absolute Gasteiger partial charge is 0.213 e. The largest absolute Gasteiger partial charge is 0.481 e. The molecule has 3 nitrogen and oxygen atoms in total. The fourth-order valence-corrected chi connectivity index (χ4v) is 1.66. The van der Waals surface area contributed by atoms with E-state index in [-0.39, 0.29) is 0 Å². The molecule has 0 aliphatic carbocycles. The van der Waals surface area contributed by atoms with Crippen LogP contribution in [0.3, 0.4) is 0 Å². The van der Waals surface area contributed by atoms with E-state index in [2.05, 4.69) is 11.1 Å². The molecule has 90 valence electrons. The first kappa shape index (κ1) is 12.1. The number of pyridine rings is 1. The molecule has 2 rings (SSSR count). The molecule has 4 heteroatoms. The normalized spacial score (nSPS) is 9.89. The van der Waals surface area contributed by atoms with Crippen LogP contribution in [0, 0.1) is 24.1 Å². The number of hydrogen-bond donors (Lipinski definition) is 0. The van der Waals surface area contributed by atoms with Crippen molar-refractivity contribution in [2.45, 2.75) is 6.92 Å². The molecule has 0 N–H and O–H groups in total. The number of ether oxygens (including phenoxy) is 1. The Morgan fingerprint density at radius 1 is 1.33 bits per heavy atom. The van der Waals surface area contributed by atoms with Gasteiger partial charge in [0, 0.05) is 11.6 Å². The third kappa shape index (κ3) is 2.16. The average Bonchev–Trinajstić information content (AvgIpc) is 2.40. The standard InChI is InChI=1S/C14H11FN2O/c1-9-3-4-10(5-11(9)7-16)12-6-14(18-2)17-8-13(12)15/h3-6,8H,1-2H3. The molecule has 1 aromatic carbocycles. The molecule has 0 atom stereocenters. The molecule has 0 aliphatic heterocycles. The van der Waals surface area contributed by atoms with Crippen LogP contribution in [0.25, 0.3) is 11.1 Å². The van der Waals surface area contributed by atoms with Gasteiger partial charge in [0.25, 0.3) is 0 Å². The molecule has 2 aromatic rings. The van der Waals surface area contributed by atoms with Crippen molar-refractivity contribution in [1.29, 1.82) is 5.26 Å². The van der Waals surface area contributed by atoms with E-state index in [9.17, 15) is 4.39 Å². The molecule has 18 heavy (non-hydrogen) atoms. The van der Waals surface area contributed by atoms with Crippen LogP contribution >= 0.6 is 0 Å². The van der Waals surface area contributed by atoms with Crippen LogP contribution in [0.4, 0.5) is 4.39 Å². The van der Waals surface area contributed by atoms with Crippen molar-refractivity contribution >= 4 is 0 Å². The Hall–Kier alpha value is -2.41. The van der Waals surface area contributed by atoms with Crippen LogP contribution in [-0.4, -0.2) is 12.1 Å². The van der Waals surface area contributed by atoms with Gasteiger partial charge in [-0.25, -0.2) is 9.37 Å². The molecule has 1 heterocycles. The summed E-state index contributed by atoms with van der Waals surface area (Å²) in [5, 5.41) is 8.98. The zero-order valence-corrected chi connectivity index (χ0v) is 10.1. The van der Waals surface area contributed by atoms with E-state index < -0.39 is 5.82 Å². The molecule has 0 spiro atoms. The van der Waals surface area contributed by atoms with E-state index in [0.717, 1.165) is 11.8 Å². The second-order valence-corrected chi connectivity index (χ2v) is 3.85. The van der Waals surface area contributed by atoms with Gasteiger partial charge in [0.1, 0.15) is 5.82 Å². The number of aryl methyl sites for hydroxylation is 1. The Kier molecular flexibility index (Phi) is 3.24. The van der Waals surface area contributed by atoms with Gasteiger partial charge >= 0.3 is 0 Å². The van der Waals surface area contributed by atoms with Gasteiger partial charge in [-0.1, -0.05) is 12.1 Å². The Balaban J connectivity index is 2.58. The van der Waals surface area contributed by atoms with Crippen LogP contribution in [-0.2, 0) is 0 Å². The number of rotatable bonds is 2. The fourth-order valence-electron chi connectivity index (χ4n) is 1.66. The first-order valence-corrected chi connectivity index (χ1v) is 5.36. The highest BCUT2D eigenvalue weighted by atomic mass is 19.1. The van der Waals surface area contributed by atoms with E-state index in [1.165, 1.54) is 13.2 Å². The first-order chi connectivity index (χ1) is 8.65. The maximum atomic E-state index is 13.7. The summed E-state index contributed by atoms with van der Waals surface area (Å²) in [7, 11) is 1.47. The first-order valence-electron chi connectivity index (χ1n) is 5.36. The lowest BCUT2D eigenvalue weighted by molar-refractivity contribution is 0.396. The third-order valence-corrected chi connectivity index (χ3v) is 2.71. The summed E-state index contributed by atoms with van der Waals surface area (Å²) >= 11 is 0. The van der Waals surface area contributed by atoms with E-state index in [1.54, 1.807) is 18.2 Å². The van der Waals surface area contributed by atoms with Gasteiger partial charge < -0.3 is 4.74 Å². The van der Waals surface area contributed by atoms with Crippen molar-refractivity contribution in [1.82, 2.24) is 4.98 Å². The zero-order chi connectivity index (χ0) is 13.1. The second-order valence-electron chi connectivity index (χ2n) is 3.85. The van der Waals surface area contributed by atoms with Gasteiger partial charge in [0.05, 0.1) is 24.9 Å². The van der Waals surface area contributed by atoms with E-state index in [1.807, 2.05) is 6.92 Å². The molecule has 0 unspecified atom stereocenters. The molecule has 0 aliphatic rings. The molecular weight excluding hydrogens is 231 g/mol. The van der Waals surface area contributed by atoms with Crippen LogP contribution in [0.2, 0.25) is 0 Å². The Morgan fingerprint density at radius 3 is 2.78 bits per heavy atom. The summed E-state index contributed by atoms with van der Waals surface area (Å²) in [5.74, 6) is -0.103. The maximum absolute atomic E-state index is 13.7. The number of halogens is 1. The van der Waals surface area contributed by atoms with Crippen LogP contribution in [0.5, 0.6) is 5.88 Å². The van der Waals surface area contributed by atoms with Crippen molar-refractivity contribution in [2.75, 3.05) is 7.11 Å². The number of benzene rings is 1. The zero-order valence-electron chi connectivity index (χ0n) is 10.1. The summed E-state index contributed by atoms with van der Waals surface area (Å²) in [6.07, 6.45) is 1.11. The molecule has 0 saturated heterocycles. The number of nitriles is 1. The Labute approximate surface area is 104 Å². The maximum Gasteiger partial charge on any atom is 0.213 e. The monoisotopic (exact) mass is 242 g/mol. The summed E-state index contributed by atoms with van der Waals surface area (Å²) in [5.41, 5.74) is 2.40. The fraction of sp³-hybridized carbons (Fsp3) is 0.143. The molecule has 0 bridgehead atoms. The van der Waals surface area contributed by atoms with Gasteiger partial charge in [-0.15, -0.1) is 0 Å². The van der Waals surface area contributed by atoms with E-state index in [4.69, 9.17) is 10.00 Å². The van der Waals surface area contributed by atoms with Gasteiger partial charge in [0.15, 0.2) is 0 Å². The number of aromatic nitrogens is 1. The second kappa shape index (κ2) is 4.84. The highest BCUT2D eigenvalue weighted by Crippen LogP contribution is 2.27. The summed E-state index contributed by atoms with van der Waals surface area (Å²) < 4.78 is 18.7. The lowest BCUT2D eigenvalue weighted by Crippen LogP contribution is -1.92. The predicted octanol–water partition coefficient (Wildman–Crippen LogP) is 3.08. The highest BCUT2D eigenvalue weighted by molar-refractivity contribution is 5.67. The Morgan fingerprint density at radius 2 is 2.11 bits per heavy atom. The summed E-state index contributed by atoms with van der Waals surface area (Å²) in [6, 6.07) is 8.82. The van der Waals surface area contributed by atoms with Crippen molar-refractivity contribution in [3.05, 3.63) is 47.4 Å². The van der Waals surface area contributed by atoms with Gasteiger partial charge in [0.2, 0.25) is 5.88 Å². The number of methoxy groups -OCH3 is 1. The van der Waals surface area contributed by atoms with Gasteiger partial charge in [-0.05, 0) is 24.1 Å². The van der Waals surface area contributed by atoms with Gasteiger partial charge in [-0.2, -0.15) is 5.26 Å². The van der Waals surface area contributed by atoms with Crippen LogP contribution in [0.1, 0.15) is 11.1 Å². The average molecular weight is 242 g/mol. The van der Waals surface area contributed by atoms with Gasteiger partial charge in [-0.3, -0.25) is 0 Å². The minimum Gasteiger partial charge on any atom is -0.481 e. The third-order valence-electron chi connectivity index (χ3n) is 2.71. The van der Waals surface area contributed by atoms with Crippen molar-refractivity contribution < 1.29 is 9.13 Å². The van der Waals surface area contributed by atoms with E-state index in [0.29, 0.717) is 22.6 Å². The van der Waals surface area contributed by atoms with Crippen molar-refractivity contribution in [2.24, 2.45) is 0 Å². The topological polar surface area (TPSA) is 45.9 Å². The van der Waals surface area contributed by atoms with Crippen molar-refractivity contribution in [3.63, 3.8) is 0 Å². The molecular formula is C14H11FN2O. The van der Waals surface area contributed by atoms with Crippen LogP contribution in [0.15, 0.2) is 30.5 Å². The highest BCUT2D eigenvalue weighted by Gasteiger charge is 2.09. The predicted molar refractivity (Wildman–Crippen MR) is 65.6 cm³/mol. The minimum atomic E-state index is -0.441. The lowest BCUT2D eigenvalue weighted by atomic mass is 10.0. The molecule has 0 amide bonds. The molecule has 0 radical (unpaired) electrons. The van der Waals surface area contributed by atoms with Crippen molar-refractivity contribution in [3.8, 4) is 23.1 Å². The number of nitrogens with zero attached hydrogens (tertiary/aromatic N) is 2. The number of hydrogen-bond acceptors (Lipinski definition) is 3. The molecule has 0 fully saturated rings. The molecule has 0 saturated carbocycles. The minimum absolute atomic E-state index is 0.338. The quantitative estimate of drug-likeness (QED) is 0.813. The molecule has 1 aromatic heterocycles. The van der Waals surface area contributed by atoms with Crippen LogP contribution < -0.4 is 4.74 Å².